The van der Waals surface area contributed by atoms with Gasteiger partial charge in [-0.05, 0) is 12.1 Å². The molecule has 1 heterocycles. The fourth-order valence-electron chi connectivity index (χ4n) is 2.10. The molecule has 1 aliphatic rings. The molecule has 0 radical (unpaired) electrons. The first kappa shape index (κ1) is 23.9. The first-order valence-corrected chi connectivity index (χ1v) is 11.5. The SMILES string of the molecule is O=C(N1CCN(S(=O)(=O)c2ccccc2F)CC1)C(F)(F)F.O=S(=O)(Cl)Cl. The lowest BCUT2D eigenvalue weighted by Crippen LogP contribution is -2.53. The minimum absolute atomic E-state index is 0.321. The molecule has 1 aliphatic heterocycles. The molecule has 0 aliphatic carbocycles. The maximum atomic E-state index is 13.6. The smallest absolute Gasteiger partial charge is 0.332 e. The summed E-state index contributed by atoms with van der Waals surface area (Å²) in [5.74, 6) is -2.94. The van der Waals surface area contributed by atoms with Crippen molar-refractivity contribution in [3.63, 3.8) is 0 Å². The molecular weight excluding hydrogens is 463 g/mol. The lowest BCUT2D eigenvalue weighted by atomic mass is 10.3. The van der Waals surface area contributed by atoms with E-state index in [0.29, 0.717) is 4.90 Å². The number of hydrogen-bond acceptors (Lipinski definition) is 5. The Kier molecular flexibility index (Phi) is 7.88. The molecule has 1 aromatic carbocycles. The normalized spacial score (nSPS) is 16.4. The molecule has 1 fully saturated rings. The average molecular weight is 475 g/mol. The van der Waals surface area contributed by atoms with E-state index in [-0.39, 0.29) is 13.1 Å². The van der Waals surface area contributed by atoms with E-state index in [4.69, 9.17) is 8.42 Å². The number of halogens is 6. The van der Waals surface area contributed by atoms with Crippen molar-refractivity contribution < 1.29 is 39.2 Å². The zero-order valence-corrected chi connectivity index (χ0v) is 16.3. The van der Waals surface area contributed by atoms with Gasteiger partial charge >= 0.3 is 20.3 Å². The van der Waals surface area contributed by atoms with Crippen molar-refractivity contribution in [1.82, 2.24) is 9.21 Å². The van der Waals surface area contributed by atoms with Gasteiger partial charge in [0.25, 0.3) is 0 Å². The summed E-state index contributed by atoms with van der Waals surface area (Å²) in [7, 11) is 0.675. The van der Waals surface area contributed by atoms with Crippen molar-refractivity contribution in [3.8, 4) is 0 Å². The number of carbonyl (C=O) groups excluding carboxylic acids is 1. The second-order valence-corrected chi connectivity index (χ2v) is 10.6. The van der Waals surface area contributed by atoms with Crippen LogP contribution in [0.15, 0.2) is 29.2 Å². The van der Waals surface area contributed by atoms with Gasteiger partial charge in [-0.15, -0.1) is 0 Å². The number of nitrogens with zero attached hydrogens (tertiary/aromatic N) is 2. The van der Waals surface area contributed by atoms with Gasteiger partial charge in [0.15, 0.2) is 0 Å². The standard InChI is InChI=1S/C12H12F4N2O3S.Cl2O2S/c13-9-3-1-2-4-10(9)22(20,21)18-7-5-17(6-8-18)11(19)12(14,15)16;1-5(2,3)4/h1-4H,5-8H2;. The molecule has 7 nitrogen and oxygen atoms in total. The topological polar surface area (TPSA) is 91.8 Å². The number of carbonyl (C=O) groups is 1. The van der Waals surface area contributed by atoms with Crippen LogP contribution in [0, 0.1) is 5.82 Å². The predicted octanol–water partition coefficient (Wildman–Crippen LogP) is 1.93. The Hall–Kier alpha value is -1.15. The van der Waals surface area contributed by atoms with E-state index in [1.54, 1.807) is 0 Å². The van der Waals surface area contributed by atoms with Crippen LogP contribution in [-0.2, 0) is 23.1 Å². The van der Waals surface area contributed by atoms with Gasteiger partial charge in [0.2, 0.25) is 10.0 Å². The first-order chi connectivity index (χ1) is 12.1. The number of hydrogen-bond donors (Lipinski definition) is 0. The largest absolute Gasteiger partial charge is 0.471 e. The Morgan fingerprint density at radius 2 is 1.41 bits per heavy atom. The molecule has 0 unspecified atom stereocenters. The van der Waals surface area contributed by atoms with Crippen molar-refractivity contribution in [2.24, 2.45) is 0 Å². The first-order valence-electron chi connectivity index (χ1n) is 6.89. The van der Waals surface area contributed by atoms with Crippen LogP contribution >= 0.6 is 21.4 Å². The van der Waals surface area contributed by atoms with Crippen molar-refractivity contribution in [3.05, 3.63) is 30.1 Å². The summed E-state index contributed by atoms with van der Waals surface area (Å²) in [4.78, 5) is 11.1. The van der Waals surface area contributed by atoms with Gasteiger partial charge in [-0.3, -0.25) is 4.79 Å². The van der Waals surface area contributed by atoms with Gasteiger partial charge < -0.3 is 4.90 Å². The van der Waals surface area contributed by atoms with Gasteiger partial charge in [0.05, 0.1) is 0 Å². The molecule has 154 valence electrons. The molecule has 0 atom stereocenters. The van der Waals surface area contributed by atoms with E-state index in [2.05, 4.69) is 21.4 Å². The summed E-state index contributed by atoms with van der Waals surface area (Å²) >= 11 is 0. The number of piperazine rings is 1. The van der Waals surface area contributed by atoms with Crippen LogP contribution in [0.2, 0.25) is 0 Å². The third-order valence-corrected chi connectivity index (χ3v) is 5.15. The molecule has 0 N–H and O–H groups in total. The lowest BCUT2D eigenvalue weighted by molar-refractivity contribution is -0.186. The van der Waals surface area contributed by atoms with Gasteiger partial charge in [-0.25, -0.2) is 12.8 Å². The number of rotatable bonds is 2. The van der Waals surface area contributed by atoms with Gasteiger partial charge in [0, 0.05) is 47.5 Å². The van der Waals surface area contributed by atoms with Crippen LogP contribution in [0.1, 0.15) is 0 Å². The van der Waals surface area contributed by atoms with E-state index >= 15 is 0 Å². The molecule has 15 heteroatoms. The summed E-state index contributed by atoms with van der Waals surface area (Å²) in [5, 5.41) is 0. The Balaban J connectivity index is 0.000000646. The van der Waals surface area contributed by atoms with E-state index in [1.807, 2.05) is 0 Å². The van der Waals surface area contributed by atoms with E-state index in [0.717, 1.165) is 16.4 Å². The summed E-state index contributed by atoms with van der Waals surface area (Å²) in [5.41, 5.74) is 0. The van der Waals surface area contributed by atoms with Gasteiger partial charge in [-0.2, -0.15) is 25.9 Å². The highest BCUT2D eigenvalue weighted by Gasteiger charge is 2.44. The molecule has 0 aromatic heterocycles. The Morgan fingerprint density at radius 3 is 1.81 bits per heavy atom. The summed E-state index contributed by atoms with van der Waals surface area (Å²) in [6.07, 6.45) is -4.99. The van der Waals surface area contributed by atoms with Crippen LogP contribution in [0.4, 0.5) is 17.6 Å². The summed E-state index contributed by atoms with van der Waals surface area (Å²) < 4.78 is 94.2. The molecule has 0 saturated carbocycles. The Morgan fingerprint density at radius 1 is 0.963 bits per heavy atom. The Bertz CT molecular complexity index is 877. The van der Waals surface area contributed by atoms with Crippen LogP contribution in [-0.4, -0.2) is 64.3 Å². The summed E-state index contributed by atoms with van der Waals surface area (Å²) in [6, 6.07) is 4.74. The van der Waals surface area contributed by atoms with Crippen LogP contribution in [0.25, 0.3) is 0 Å². The number of benzene rings is 1. The number of sulfonamides is 1. The molecule has 1 aromatic rings. The second kappa shape index (κ2) is 8.90. The zero-order chi connectivity index (χ0) is 21.0. The molecule has 1 saturated heterocycles. The van der Waals surface area contributed by atoms with Crippen LogP contribution in [0.5, 0.6) is 0 Å². The van der Waals surface area contributed by atoms with E-state index in [1.165, 1.54) is 12.1 Å². The summed E-state index contributed by atoms with van der Waals surface area (Å²) in [6.45, 7) is -1.44. The Labute approximate surface area is 161 Å². The fraction of sp³-hybridized carbons (Fsp3) is 0.417. The third kappa shape index (κ3) is 7.41. The fourth-order valence-corrected chi connectivity index (χ4v) is 3.59. The molecule has 1 amide bonds. The monoisotopic (exact) mass is 474 g/mol. The molecule has 2 rings (SSSR count). The minimum Gasteiger partial charge on any atom is -0.332 e. The highest BCUT2D eigenvalue weighted by Crippen LogP contribution is 2.23. The third-order valence-electron chi connectivity index (χ3n) is 3.22. The van der Waals surface area contributed by atoms with E-state index < -0.39 is 54.2 Å². The van der Waals surface area contributed by atoms with Crippen LogP contribution in [0.3, 0.4) is 0 Å². The average Bonchev–Trinajstić information content (AvgIpc) is 2.52. The highest BCUT2D eigenvalue weighted by atomic mass is 36.0. The molecule has 0 bridgehead atoms. The lowest BCUT2D eigenvalue weighted by Gasteiger charge is -2.34. The minimum atomic E-state index is -4.99. The highest BCUT2D eigenvalue weighted by molar-refractivity contribution is 8.31. The number of alkyl halides is 3. The van der Waals surface area contributed by atoms with Crippen molar-refractivity contribution in [2.45, 2.75) is 11.1 Å². The quantitative estimate of drug-likeness (QED) is 0.482. The van der Waals surface area contributed by atoms with E-state index in [9.17, 15) is 30.8 Å². The molecular formula is C12H12Cl2F4N2O5S2. The van der Waals surface area contributed by atoms with Gasteiger partial charge in [0.1, 0.15) is 10.7 Å². The maximum Gasteiger partial charge on any atom is 0.471 e. The predicted molar refractivity (Wildman–Crippen MR) is 88.4 cm³/mol. The second-order valence-electron chi connectivity index (χ2n) is 5.00. The maximum absolute atomic E-state index is 13.6. The number of amides is 1. The van der Waals surface area contributed by atoms with Crippen molar-refractivity contribution in [1.29, 1.82) is 0 Å². The van der Waals surface area contributed by atoms with Crippen molar-refractivity contribution in [2.75, 3.05) is 26.2 Å². The van der Waals surface area contributed by atoms with Crippen molar-refractivity contribution >= 4 is 45.6 Å². The zero-order valence-electron chi connectivity index (χ0n) is 13.2. The molecule has 27 heavy (non-hydrogen) atoms. The van der Waals surface area contributed by atoms with Gasteiger partial charge in [-0.1, -0.05) is 12.1 Å². The molecule has 0 spiro atoms. The van der Waals surface area contributed by atoms with Crippen LogP contribution < -0.4 is 0 Å².